The number of rotatable bonds is 0. The average Bonchev–Trinajstić information content (AvgIpc) is 2.74. The lowest BCUT2D eigenvalue weighted by Crippen LogP contribution is -2.26. The zero-order valence-electron chi connectivity index (χ0n) is 7.20. The van der Waals surface area contributed by atoms with Crippen LogP contribution < -0.4 is 10.4 Å². The zero-order valence-corrected chi connectivity index (χ0v) is 7.20. The van der Waals surface area contributed by atoms with Gasteiger partial charge in [-0.05, 0) is 28.2 Å². The summed E-state index contributed by atoms with van der Waals surface area (Å²) >= 11 is 0. The van der Waals surface area contributed by atoms with Crippen molar-refractivity contribution in [3.05, 3.63) is 34.7 Å². The summed E-state index contributed by atoms with van der Waals surface area (Å²) in [5.74, 6) is 2.58. The first-order valence-corrected chi connectivity index (χ1v) is 4.65. The van der Waals surface area contributed by atoms with Crippen molar-refractivity contribution < 1.29 is 0 Å². The first-order valence-electron chi connectivity index (χ1n) is 4.65. The molecule has 0 heteroatoms. The number of hydrogen-bond acceptors (Lipinski definition) is 0. The molecule has 1 aromatic carbocycles. The van der Waals surface area contributed by atoms with Crippen LogP contribution in [0.4, 0.5) is 0 Å². The minimum atomic E-state index is 0.847. The third kappa shape index (κ3) is 0.726. The molecule has 0 radical (unpaired) electrons. The highest BCUT2D eigenvalue weighted by atomic mass is 14.5. The van der Waals surface area contributed by atoms with E-state index in [1.807, 2.05) is 0 Å². The molecule has 2 unspecified atom stereocenters. The molecule has 0 saturated heterocycles. The van der Waals surface area contributed by atoms with Crippen LogP contribution in [-0.4, -0.2) is 0 Å². The van der Waals surface area contributed by atoms with E-state index in [9.17, 15) is 0 Å². The Morgan fingerprint density at radius 2 is 1.42 bits per heavy atom. The summed E-state index contributed by atoms with van der Waals surface area (Å²) in [5.41, 5.74) is 0. The topological polar surface area (TPSA) is 0 Å². The summed E-state index contributed by atoms with van der Waals surface area (Å²) < 4.78 is 0. The van der Waals surface area contributed by atoms with Crippen LogP contribution in [0.15, 0.2) is 24.3 Å². The van der Waals surface area contributed by atoms with Gasteiger partial charge >= 0.3 is 0 Å². The molecule has 2 aliphatic carbocycles. The van der Waals surface area contributed by atoms with Gasteiger partial charge in [-0.1, -0.05) is 43.3 Å². The molecule has 1 fully saturated rings. The van der Waals surface area contributed by atoms with Gasteiger partial charge in [-0.15, -0.1) is 0 Å². The van der Waals surface area contributed by atoms with Crippen molar-refractivity contribution in [1.29, 1.82) is 0 Å². The molecule has 1 aromatic rings. The molecule has 0 N–H and O–H groups in total. The van der Waals surface area contributed by atoms with E-state index in [2.05, 4.69) is 43.3 Å². The summed E-state index contributed by atoms with van der Waals surface area (Å²) in [4.78, 5) is 0. The van der Waals surface area contributed by atoms with E-state index in [0.717, 1.165) is 17.8 Å². The van der Waals surface area contributed by atoms with E-state index in [-0.39, 0.29) is 0 Å². The molecule has 3 rings (SSSR count). The van der Waals surface area contributed by atoms with Crippen molar-refractivity contribution in [1.82, 2.24) is 0 Å². The number of benzene rings is 1. The lowest BCUT2D eigenvalue weighted by Gasteiger charge is -1.96. The van der Waals surface area contributed by atoms with E-state index in [1.165, 1.54) is 10.4 Å². The Morgan fingerprint density at radius 1 is 0.917 bits per heavy atom. The lowest BCUT2D eigenvalue weighted by atomic mass is 10.1. The smallest absolute Gasteiger partial charge is 0.0127 e. The molecule has 0 aromatic heterocycles. The van der Waals surface area contributed by atoms with E-state index in [1.54, 1.807) is 0 Å². The molecule has 0 amide bonds. The Bertz CT molecular complexity index is 387. The maximum absolute atomic E-state index is 2.44. The predicted octanol–water partition coefficient (Wildman–Crippen LogP) is 1.14. The van der Waals surface area contributed by atoms with Gasteiger partial charge in [-0.3, -0.25) is 0 Å². The van der Waals surface area contributed by atoms with Gasteiger partial charge in [-0.25, -0.2) is 0 Å². The molecule has 0 bridgehead atoms. The van der Waals surface area contributed by atoms with Gasteiger partial charge in [0.15, 0.2) is 0 Å². The Labute approximate surface area is 72.2 Å². The largest absolute Gasteiger partial charge is 0.0727 e. The Balaban J connectivity index is 2.31. The van der Waals surface area contributed by atoms with Crippen molar-refractivity contribution in [3.8, 4) is 0 Å². The van der Waals surface area contributed by atoms with Crippen LogP contribution in [0.25, 0.3) is 12.2 Å². The minimum absolute atomic E-state index is 0.847. The summed E-state index contributed by atoms with van der Waals surface area (Å²) in [6.45, 7) is 2.34. The normalized spacial score (nSPS) is 35.6. The second-order valence-corrected chi connectivity index (χ2v) is 3.98. The minimum Gasteiger partial charge on any atom is -0.0727 e. The maximum atomic E-state index is 2.44. The van der Waals surface area contributed by atoms with Crippen LogP contribution in [-0.2, 0) is 0 Å². The summed E-state index contributed by atoms with van der Waals surface area (Å²) in [7, 11) is 0. The molecular formula is C12H12. The maximum Gasteiger partial charge on any atom is -0.0127 e. The van der Waals surface area contributed by atoms with Crippen LogP contribution in [0.3, 0.4) is 0 Å². The van der Waals surface area contributed by atoms with E-state index >= 15 is 0 Å². The van der Waals surface area contributed by atoms with Gasteiger partial charge in [0, 0.05) is 0 Å². The van der Waals surface area contributed by atoms with Crippen LogP contribution in [0.1, 0.15) is 6.92 Å². The predicted molar refractivity (Wildman–Crippen MR) is 50.8 cm³/mol. The molecule has 2 atom stereocenters. The standard InChI is InChI=1S/C12H12/c1-8-11-6-9-4-2-3-5-10(9)7-12(8)11/h2-8,11-12H,1H3. The van der Waals surface area contributed by atoms with Crippen LogP contribution >= 0.6 is 0 Å². The van der Waals surface area contributed by atoms with Gasteiger partial charge in [0.05, 0.1) is 0 Å². The summed E-state index contributed by atoms with van der Waals surface area (Å²) in [5, 5.41) is 2.87. The third-order valence-electron chi connectivity index (χ3n) is 3.26. The molecule has 2 aliphatic rings. The Hall–Kier alpha value is -1.04. The van der Waals surface area contributed by atoms with Crippen molar-refractivity contribution in [2.45, 2.75) is 6.92 Å². The van der Waals surface area contributed by atoms with Gasteiger partial charge in [0.25, 0.3) is 0 Å². The molecule has 0 spiro atoms. The average molecular weight is 156 g/mol. The van der Waals surface area contributed by atoms with Gasteiger partial charge in [0.1, 0.15) is 0 Å². The highest BCUT2D eigenvalue weighted by Gasteiger charge is 2.43. The second-order valence-electron chi connectivity index (χ2n) is 3.98. The number of hydrogen-bond donors (Lipinski definition) is 0. The van der Waals surface area contributed by atoms with Gasteiger partial charge < -0.3 is 0 Å². The Kier molecular flexibility index (Phi) is 1.08. The second kappa shape index (κ2) is 2.01. The third-order valence-corrected chi connectivity index (χ3v) is 3.26. The molecule has 0 aliphatic heterocycles. The molecule has 0 nitrogen and oxygen atoms in total. The van der Waals surface area contributed by atoms with Crippen LogP contribution in [0, 0.1) is 17.8 Å². The van der Waals surface area contributed by atoms with Gasteiger partial charge in [0.2, 0.25) is 0 Å². The quantitative estimate of drug-likeness (QED) is 0.528. The van der Waals surface area contributed by atoms with Crippen molar-refractivity contribution in [2.75, 3.05) is 0 Å². The first-order chi connectivity index (χ1) is 5.86. The van der Waals surface area contributed by atoms with Gasteiger partial charge in [-0.2, -0.15) is 0 Å². The fraction of sp³-hybridized carbons (Fsp3) is 0.333. The highest BCUT2D eigenvalue weighted by Crippen LogP contribution is 2.48. The molecule has 12 heavy (non-hydrogen) atoms. The zero-order chi connectivity index (χ0) is 8.13. The number of fused-ring (bicyclic) bond motifs is 2. The summed E-state index contributed by atoms with van der Waals surface area (Å²) in [6.07, 6.45) is 4.87. The van der Waals surface area contributed by atoms with Crippen LogP contribution in [0.5, 0.6) is 0 Å². The van der Waals surface area contributed by atoms with Crippen molar-refractivity contribution in [2.24, 2.45) is 17.8 Å². The highest BCUT2D eigenvalue weighted by molar-refractivity contribution is 5.50. The van der Waals surface area contributed by atoms with E-state index in [0.29, 0.717) is 0 Å². The van der Waals surface area contributed by atoms with Crippen LogP contribution in [0.2, 0.25) is 0 Å². The molecule has 60 valence electrons. The monoisotopic (exact) mass is 156 g/mol. The first kappa shape index (κ1) is 6.47. The molecular weight excluding hydrogens is 144 g/mol. The van der Waals surface area contributed by atoms with E-state index in [4.69, 9.17) is 0 Å². The van der Waals surface area contributed by atoms with Crippen molar-refractivity contribution in [3.63, 3.8) is 0 Å². The molecule has 0 heterocycles. The van der Waals surface area contributed by atoms with E-state index < -0.39 is 0 Å². The molecule has 1 saturated carbocycles. The summed E-state index contributed by atoms with van der Waals surface area (Å²) in [6, 6.07) is 8.67. The Morgan fingerprint density at radius 3 is 1.92 bits per heavy atom. The fourth-order valence-electron chi connectivity index (χ4n) is 2.28. The lowest BCUT2D eigenvalue weighted by molar-refractivity contribution is 0.906. The fourth-order valence-corrected chi connectivity index (χ4v) is 2.28. The van der Waals surface area contributed by atoms with Crippen molar-refractivity contribution >= 4 is 12.2 Å². The SMILES string of the molecule is CC1C2C=c3ccccc3=CC12.